The largest absolute Gasteiger partial charge is 0.495 e. The molecule has 0 unspecified atom stereocenters. The lowest BCUT2D eigenvalue weighted by atomic mass is 10.2. The number of aromatic nitrogens is 1. The van der Waals surface area contributed by atoms with Crippen LogP contribution < -0.4 is 10.2 Å². The molecule has 2 aromatic carbocycles. The van der Waals surface area contributed by atoms with Crippen molar-refractivity contribution in [2.45, 2.75) is 13.8 Å². The van der Waals surface area contributed by atoms with Crippen LogP contribution in [0.1, 0.15) is 27.3 Å². The molecule has 0 atom stereocenters. The van der Waals surface area contributed by atoms with Crippen molar-refractivity contribution in [3.8, 4) is 11.4 Å². The first-order valence-corrected chi connectivity index (χ1v) is 9.69. The summed E-state index contributed by atoms with van der Waals surface area (Å²) in [5.41, 5.74) is 6.78. The molecule has 0 spiro atoms. The molecule has 7 heteroatoms. The number of aryl methyl sites for hydroxylation is 1. The Bertz CT molecular complexity index is 1040. The number of nitrogens with one attached hydrogen (secondary N) is 1. The summed E-state index contributed by atoms with van der Waals surface area (Å²) >= 11 is 9.52. The number of hydrogen-bond donors (Lipinski definition) is 1. The minimum atomic E-state index is -0.269. The summed E-state index contributed by atoms with van der Waals surface area (Å²) < 4.78 is 8.43. The minimum absolute atomic E-state index is 0.269. The predicted octanol–water partition coefficient (Wildman–Crippen LogP) is 5.28. The number of nitrogens with zero attached hydrogens (tertiary/aromatic N) is 2. The average molecular weight is 461 g/mol. The molecule has 144 valence electrons. The highest BCUT2D eigenvalue weighted by Gasteiger charge is 2.14. The molecule has 1 N–H and O–H groups in total. The molecule has 3 aromatic rings. The molecular formula is C21H19BrClN3O2. The molecule has 0 fully saturated rings. The summed E-state index contributed by atoms with van der Waals surface area (Å²) in [6, 6.07) is 14.6. The van der Waals surface area contributed by atoms with Crippen LogP contribution in [0.5, 0.6) is 5.75 Å². The highest BCUT2D eigenvalue weighted by Crippen LogP contribution is 2.30. The quantitative estimate of drug-likeness (QED) is 0.416. The number of amides is 1. The van der Waals surface area contributed by atoms with E-state index in [2.05, 4.69) is 26.5 Å². The Morgan fingerprint density at radius 3 is 2.57 bits per heavy atom. The fraction of sp³-hybridized carbons (Fsp3) is 0.143. The normalized spacial score (nSPS) is 11.0. The van der Waals surface area contributed by atoms with Crippen LogP contribution in [0.25, 0.3) is 5.69 Å². The van der Waals surface area contributed by atoms with E-state index >= 15 is 0 Å². The van der Waals surface area contributed by atoms with Gasteiger partial charge in [-0.3, -0.25) is 4.79 Å². The van der Waals surface area contributed by atoms with Crippen molar-refractivity contribution in [3.05, 3.63) is 80.5 Å². The molecule has 28 heavy (non-hydrogen) atoms. The fourth-order valence-corrected chi connectivity index (χ4v) is 3.38. The fourth-order valence-electron chi connectivity index (χ4n) is 2.95. The lowest BCUT2D eigenvalue weighted by Gasteiger charge is -2.14. The van der Waals surface area contributed by atoms with Gasteiger partial charge in [0.25, 0.3) is 5.91 Å². The zero-order valence-corrected chi connectivity index (χ0v) is 18.0. The first-order chi connectivity index (χ1) is 13.4. The summed E-state index contributed by atoms with van der Waals surface area (Å²) in [5.74, 6) is 0.451. The van der Waals surface area contributed by atoms with Gasteiger partial charge in [0.1, 0.15) is 5.75 Å². The van der Waals surface area contributed by atoms with Crippen LogP contribution in [0.15, 0.2) is 58.1 Å². The molecule has 3 rings (SSSR count). The van der Waals surface area contributed by atoms with Crippen molar-refractivity contribution >= 4 is 39.7 Å². The number of hydrogen-bond acceptors (Lipinski definition) is 3. The average Bonchev–Trinajstić information content (AvgIpc) is 2.95. The molecule has 0 aliphatic rings. The van der Waals surface area contributed by atoms with E-state index < -0.39 is 0 Å². The van der Waals surface area contributed by atoms with Crippen LogP contribution in [-0.2, 0) is 0 Å². The second kappa shape index (κ2) is 8.63. The summed E-state index contributed by atoms with van der Waals surface area (Å²) in [5, 5.41) is 4.73. The molecule has 1 aromatic heterocycles. The van der Waals surface area contributed by atoms with Crippen molar-refractivity contribution in [1.29, 1.82) is 0 Å². The lowest BCUT2D eigenvalue weighted by molar-refractivity contribution is 0.0955. The molecule has 0 aliphatic heterocycles. The third-order valence-electron chi connectivity index (χ3n) is 4.33. The van der Waals surface area contributed by atoms with Gasteiger partial charge in [-0.2, -0.15) is 5.10 Å². The number of ether oxygens (including phenoxy) is 1. The van der Waals surface area contributed by atoms with E-state index in [0.717, 1.165) is 32.9 Å². The van der Waals surface area contributed by atoms with Crippen molar-refractivity contribution in [1.82, 2.24) is 9.99 Å². The number of methoxy groups -OCH3 is 1. The van der Waals surface area contributed by atoms with E-state index in [9.17, 15) is 4.79 Å². The monoisotopic (exact) mass is 459 g/mol. The molecule has 0 radical (unpaired) electrons. The summed E-state index contributed by atoms with van der Waals surface area (Å²) in [4.78, 5) is 12.2. The van der Waals surface area contributed by atoms with Gasteiger partial charge in [0.15, 0.2) is 0 Å². The lowest BCUT2D eigenvalue weighted by Crippen LogP contribution is -2.17. The zero-order chi connectivity index (χ0) is 20.3. The van der Waals surface area contributed by atoms with Crippen molar-refractivity contribution < 1.29 is 9.53 Å². The van der Waals surface area contributed by atoms with Crippen LogP contribution >= 0.6 is 27.5 Å². The van der Waals surface area contributed by atoms with Gasteiger partial charge in [-0.25, -0.2) is 5.43 Å². The highest BCUT2D eigenvalue weighted by molar-refractivity contribution is 9.10. The molecule has 1 amide bonds. The number of carbonyl (C=O) groups is 1. The van der Waals surface area contributed by atoms with Gasteiger partial charge in [-0.1, -0.05) is 27.5 Å². The Labute approximate surface area is 177 Å². The second-order valence-electron chi connectivity index (χ2n) is 6.18. The maximum absolute atomic E-state index is 12.2. The van der Waals surface area contributed by atoms with E-state index in [-0.39, 0.29) is 5.91 Å². The van der Waals surface area contributed by atoms with Crippen molar-refractivity contribution in [3.63, 3.8) is 0 Å². The summed E-state index contributed by atoms with van der Waals surface area (Å²) in [6.45, 7) is 3.97. The summed E-state index contributed by atoms with van der Waals surface area (Å²) in [6.07, 6.45) is 1.63. The number of hydrazone groups is 1. The van der Waals surface area contributed by atoms with Crippen LogP contribution in [0.4, 0.5) is 0 Å². The summed E-state index contributed by atoms with van der Waals surface area (Å²) in [7, 11) is 1.63. The molecule has 0 saturated carbocycles. The molecule has 5 nitrogen and oxygen atoms in total. The van der Waals surface area contributed by atoms with Gasteiger partial charge in [0.2, 0.25) is 0 Å². The smallest absolute Gasteiger partial charge is 0.271 e. The molecular weight excluding hydrogens is 442 g/mol. The van der Waals surface area contributed by atoms with E-state index in [4.69, 9.17) is 16.3 Å². The van der Waals surface area contributed by atoms with E-state index in [0.29, 0.717) is 10.6 Å². The van der Waals surface area contributed by atoms with Crippen LogP contribution in [0, 0.1) is 13.8 Å². The van der Waals surface area contributed by atoms with Gasteiger partial charge in [0, 0.05) is 32.0 Å². The van der Waals surface area contributed by atoms with Crippen LogP contribution in [-0.4, -0.2) is 23.8 Å². The van der Waals surface area contributed by atoms with E-state index in [1.165, 1.54) is 0 Å². The Morgan fingerprint density at radius 1 is 1.18 bits per heavy atom. The molecule has 0 aliphatic carbocycles. The Morgan fingerprint density at radius 2 is 1.89 bits per heavy atom. The number of rotatable bonds is 5. The molecule has 1 heterocycles. The maximum Gasteiger partial charge on any atom is 0.271 e. The first kappa shape index (κ1) is 20.2. The van der Waals surface area contributed by atoms with Crippen molar-refractivity contribution in [2.75, 3.05) is 7.11 Å². The third-order valence-corrected chi connectivity index (χ3v) is 5.09. The van der Waals surface area contributed by atoms with Crippen molar-refractivity contribution in [2.24, 2.45) is 5.10 Å². The number of halogens is 2. The van der Waals surface area contributed by atoms with Gasteiger partial charge in [0.05, 0.1) is 19.0 Å². The van der Waals surface area contributed by atoms with Gasteiger partial charge in [-0.15, -0.1) is 0 Å². The van der Waals surface area contributed by atoms with Crippen LogP contribution in [0.2, 0.25) is 5.02 Å². The highest BCUT2D eigenvalue weighted by atomic mass is 79.9. The SMILES string of the molecule is COc1ccc(Cl)cc1-n1c(C)cc(/C=N\NC(=O)c2ccc(Br)cc2)c1C. The van der Waals surface area contributed by atoms with E-state index in [1.807, 2.05) is 48.7 Å². The van der Waals surface area contributed by atoms with Gasteiger partial charge < -0.3 is 9.30 Å². The standard InChI is InChI=1S/C21H19BrClN3O2/c1-13-10-16(12-24-25-21(27)15-4-6-17(22)7-5-15)14(2)26(13)19-11-18(23)8-9-20(19)28-3/h4-12H,1-3H3,(H,25,27)/b24-12-. The third kappa shape index (κ3) is 4.29. The second-order valence-corrected chi connectivity index (χ2v) is 7.54. The number of carbonyl (C=O) groups excluding carboxylic acids is 1. The van der Waals surface area contributed by atoms with Crippen LogP contribution in [0.3, 0.4) is 0 Å². The Kier molecular flexibility index (Phi) is 6.21. The topological polar surface area (TPSA) is 55.6 Å². The predicted molar refractivity (Wildman–Crippen MR) is 116 cm³/mol. The Hall–Kier alpha value is -2.57. The Balaban J connectivity index is 1.84. The van der Waals surface area contributed by atoms with E-state index in [1.54, 1.807) is 31.5 Å². The van der Waals surface area contributed by atoms with Gasteiger partial charge >= 0.3 is 0 Å². The van der Waals surface area contributed by atoms with Gasteiger partial charge in [-0.05, 0) is 62.4 Å². The zero-order valence-electron chi connectivity index (χ0n) is 15.7. The molecule has 0 bridgehead atoms. The maximum atomic E-state index is 12.2. The minimum Gasteiger partial charge on any atom is -0.495 e. The first-order valence-electron chi connectivity index (χ1n) is 8.52. The molecule has 0 saturated heterocycles. The number of benzene rings is 2.